The van der Waals surface area contributed by atoms with Crippen LogP contribution in [0.5, 0.6) is 5.75 Å². The summed E-state index contributed by atoms with van der Waals surface area (Å²) in [6, 6.07) is 26.1. The zero-order valence-electron chi connectivity index (χ0n) is 19.0. The molecule has 2 amide bonds. The van der Waals surface area contributed by atoms with E-state index in [0.29, 0.717) is 11.5 Å². The van der Waals surface area contributed by atoms with Gasteiger partial charge in [0.05, 0.1) is 18.1 Å². The Labute approximate surface area is 203 Å². The average molecular weight is 468 g/mol. The number of imide groups is 1. The third-order valence-electron chi connectivity index (χ3n) is 5.99. The van der Waals surface area contributed by atoms with Crippen LogP contribution in [0.25, 0.3) is 27.6 Å². The van der Waals surface area contributed by atoms with Crippen molar-refractivity contribution >= 4 is 50.5 Å². The van der Waals surface area contributed by atoms with E-state index in [-0.39, 0.29) is 17.7 Å². The minimum absolute atomic E-state index is 0.252. The van der Waals surface area contributed by atoms with Crippen molar-refractivity contribution in [2.75, 3.05) is 6.61 Å². The molecule has 1 saturated heterocycles. The zero-order valence-corrected chi connectivity index (χ0v) is 19.8. The van der Waals surface area contributed by atoms with Gasteiger partial charge in [-0.05, 0) is 63.5 Å². The van der Waals surface area contributed by atoms with Crippen molar-refractivity contribution in [3.05, 3.63) is 94.9 Å². The maximum atomic E-state index is 13.3. The van der Waals surface area contributed by atoms with Crippen LogP contribution in [-0.2, 0) is 11.3 Å². The van der Waals surface area contributed by atoms with Crippen LogP contribution in [0.4, 0.5) is 4.79 Å². The zero-order chi connectivity index (χ0) is 23.5. The number of benzene rings is 4. The van der Waals surface area contributed by atoms with Crippen LogP contribution in [0.15, 0.2) is 83.8 Å². The lowest BCUT2D eigenvalue weighted by Gasteiger charge is -2.14. The molecule has 4 aromatic rings. The lowest BCUT2D eigenvalue weighted by Crippen LogP contribution is -2.27. The first kappa shape index (κ1) is 22.2. The molecule has 4 nitrogen and oxygen atoms in total. The molecule has 5 rings (SSSR count). The van der Waals surface area contributed by atoms with E-state index in [2.05, 4.69) is 6.92 Å². The lowest BCUT2D eigenvalue weighted by atomic mass is 10.0. The van der Waals surface area contributed by atoms with E-state index in [1.54, 1.807) is 0 Å². The molecule has 0 N–H and O–H groups in total. The highest BCUT2D eigenvalue weighted by Gasteiger charge is 2.35. The summed E-state index contributed by atoms with van der Waals surface area (Å²) >= 11 is 0.988. The fourth-order valence-electron chi connectivity index (χ4n) is 4.16. The predicted molar refractivity (Wildman–Crippen MR) is 140 cm³/mol. The average Bonchev–Trinajstić information content (AvgIpc) is 3.12. The molecule has 1 aliphatic heterocycles. The molecule has 0 atom stereocenters. The normalized spacial score (nSPS) is 15.1. The number of amides is 2. The van der Waals surface area contributed by atoms with E-state index >= 15 is 0 Å². The molecule has 170 valence electrons. The summed E-state index contributed by atoms with van der Waals surface area (Å²) in [7, 11) is 0. The van der Waals surface area contributed by atoms with Gasteiger partial charge >= 0.3 is 0 Å². The topological polar surface area (TPSA) is 46.6 Å². The molecule has 1 aliphatic rings. The van der Waals surface area contributed by atoms with Crippen molar-refractivity contribution < 1.29 is 14.3 Å². The van der Waals surface area contributed by atoms with Gasteiger partial charge in [-0.2, -0.15) is 0 Å². The SMILES string of the molecule is CCCCOc1ccc2ccccc2c1/C=C1\SC(=O)N(Cc2ccc3ccccc3c2)C1=O. The largest absolute Gasteiger partial charge is 0.493 e. The minimum atomic E-state index is -0.268. The van der Waals surface area contributed by atoms with Gasteiger partial charge in [0.2, 0.25) is 0 Å². The highest BCUT2D eigenvalue weighted by atomic mass is 32.2. The van der Waals surface area contributed by atoms with Crippen molar-refractivity contribution in [3.63, 3.8) is 0 Å². The Morgan fingerprint density at radius 2 is 1.62 bits per heavy atom. The molecule has 0 radical (unpaired) electrons. The predicted octanol–water partition coefficient (Wildman–Crippen LogP) is 7.41. The van der Waals surface area contributed by atoms with Gasteiger partial charge in [0, 0.05) is 5.56 Å². The summed E-state index contributed by atoms with van der Waals surface area (Å²) in [6.45, 7) is 2.98. The third kappa shape index (κ3) is 4.44. The van der Waals surface area contributed by atoms with Gasteiger partial charge in [-0.1, -0.05) is 80.1 Å². The maximum absolute atomic E-state index is 13.3. The Morgan fingerprint density at radius 3 is 2.44 bits per heavy atom. The van der Waals surface area contributed by atoms with Gasteiger partial charge < -0.3 is 4.74 Å². The minimum Gasteiger partial charge on any atom is -0.493 e. The van der Waals surface area contributed by atoms with Crippen LogP contribution in [-0.4, -0.2) is 22.7 Å². The number of ether oxygens (including phenoxy) is 1. The molecule has 0 saturated carbocycles. The second kappa shape index (κ2) is 9.74. The van der Waals surface area contributed by atoms with Gasteiger partial charge in [0.15, 0.2) is 0 Å². The molecule has 1 fully saturated rings. The van der Waals surface area contributed by atoms with Crippen LogP contribution < -0.4 is 4.74 Å². The smallest absolute Gasteiger partial charge is 0.293 e. The second-order valence-corrected chi connectivity index (χ2v) is 9.34. The molecule has 4 aromatic carbocycles. The van der Waals surface area contributed by atoms with Crippen LogP contribution in [0.1, 0.15) is 30.9 Å². The van der Waals surface area contributed by atoms with E-state index in [1.807, 2.05) is 84.9 Å². The standard InChI is InChI=1S/C29H25NO3S/c1-2-3-16-33-26-15-14-22-9-6-7-11-24(22)25(26)18-27-28(31)30(29(32)34-27)19-20-12-13-21-8-4-5-10-23(21)17-20/h4-15,17-18H,2-3,16,19H2,1H3/b27-18-. The maximum Gasteiger partial charge on any atom is 0.293 e. The van der Waals surface area contributed by atoms with E-state index in [0.717, 1.165) is 63.0 Å². The second-order valence-electron chi connectivity index (χ2n) is 8.35. The number of carbonyl (C=O) groups is 2. The molecular weight excluding hydrogens is 442 g/mol. The quantitative estimate of drug-likeness (QED) is 0.210. The summed E-state index contributed by atoms with van der Waals surface area (Å²) in [5.41, 5.74) is 1.77. The first-order valence-corrected chi connectivity index (χ1v) is 12.3. The first-order chi connectivity index (χ1) is 16.6. The van der Waals surface area contributed by atoms with Crippen LogP contribution in [0, 0.1) is 0 Å². The Balaban J connectivity index is 1.46. The number of carbonyl (C=O) groups excluding carboxylic acids is 2. The Bertz CT molecular complexity index is 1430. The molecule has 0 spiro atoms. The lowest BCUT2D eigenvalue weighted by molar-refractivity contribution is -0.123. The van der Waals surface area contributed by atoms with Crippen LogP contribution >= 0.6 is 11.8 Å². The number of thioether (sulfide) groups is 1. The van der Waals surface area contributed by atoms with E-state index in [9.17, 15) is 9.59 Å². The number of unbranched alkanes of at least 4 members (excludes halogenated alkanes) is 1. The summed E-state index contributed by atoms with van der Waals surface area (Å²) < 4.78 is 6.06. The van der Waals surface area contributed by atoms with Crippen molar-refractivity contribution in [2.24, 2.45) is 0 Å². The Hall–Kier alpha value is -3.57. The van der Waals surface area contributed by atoms with Gasteiger partial charge in [-0.3, -0.25) is 14.5 Å². The molecule has 0 unspecified atom stereocenters. The summed E-state index contributed by atoms with van der Waals surface area (Å²) in [6.07, 6.45) is 3.81. The van der Waals surface area contributed by atoms with Crippen molar-refractivity contribution in [1.82, 2.24) is 4.90 Å². The number of hydrogen-bond donors (Lipinski definition) is 0. The van der Waals surface area contributed by atoms with Gasteiger partial charge in [0.25, 0.3) is 11.1 Å². The van der Waals surface area contributed by atoms with Gasteiger partial charge in [-0.15, -0.1) is 0 Å². The van der Waals surface area contributed by atoms with Crippen molar-refractivity contribution in [2.45, 2.75) is 26.3 Å². The molecule has 5 heteroatoms. The Morgan fingerprint density at radius 1 is 0.882 bits per heavy atom. The fraction of sp³-hybridized carbons (Fsp3) is 0.172. The fourth-order valence-corrected chi connectivity index (χ4v) is 4.98. The number of nitrogens with zero attached hydrogens (tertiary/aromatic N) is 1. The molecular formula is C29H25NO3S. The monoisotopic (exact) mass is 467 g/mol. The molecule has 0 bridgehead atoms. The molecule has 34 heavy (non-hydrogen) atoms. The highest BCUT2D eigenvalue weighted by molar-refractivity contribution is 8.18. The molecule has 0 aliphatic carbocycles. The van der Waals surface area contributed by atoms with Crippen LogP contribution in [0.3, 0.4) is 0 Å². The number of rotatable bonds is 7. The Kier molecular flexibility index (Phi) is 6.37. The van der Waals surface area contributed by atoms with E-state index < -0.39 is 0 Å². The number of fused-ring (bicyclic) bond motifs is 2. The van der Waals surface area contributed by atoms with E-state index in [1.165, 1.54) is 4.90 Å². The number of hydrogen-bond acceptors (Lipinski definition) is 4. The molecule has 1 heterocycles. The van der Waals surface area contributed by atoms with Gasteiger partial charge in [-0.25, -0.2) is 0 Å². The first-order valence-electron chi connectivity index (χ1n) is 11.5. The summed E-state index contributed by atoms with van der Waals surface area (Å²) in [5.74, 6) is 0.462. The third-order valence-corrected chi connectivity index (χ3v) is 6.90. The highest BCUT2D eigenvalue weighted by Crippen LogP contribution is 2.37. The van der Waals surface area contributed by atoms with E-state index in [4.69, 9.17) is 4.74 Å². The van der Waals surface area contributed by atoms with Crippen molar-refractivity contribution in [3.8, 4) is 5.75 Å². The van der Waals surface area contributed by atoms with Crippen molar-refractivity contribution in [1.29, 1.82) is 0 Å². The summed E-state index contributed by atoms with van der Waals surface area (Å²) in [5, 5.41) is 4.03. The van der Waals surface area contributed by atoms with Gasteiger partial charge in [0.1, 0.15) is 5.75 Å². The summed E-state index contributed by atoms with van der Waals surface area (Å²) in [4.78, 5) is 27.8. The molecule has 0 aromatic heterocycles. The van der Waals surface area contributed by atoms with Crippen LogP contribution in [0.2, 0.25) is 0 Å².